The van der Waals surface area contributed by atoms with Crippen LogP contribution in [0.3, 0.4) is 0 Å². The number of para-hydroxylation sites is 1. The van der Waals surface area contributed by atoms with Crippen LogP contribution in [0.4, 0.5) is 11.4 Å². The number of halogens is 1. The number of hydrogen-bond acceptors (Lipinski definition) is 3. The molecular weight excluding hydrogens is 350 g/mol. The standard InChI is InChI=1S/C20H22ClN3O2/c1-14(20(26)24-12-11-15-5-3-4-6-18(15)24)23(2)13-19(25)22-17-9-7-16(21)8-10-17/h3-10,14H,11-13H2,1-2H3,(H,22,25). The first-order valence-corrected chi connectivity index (χ1v) is 8.98. The number of amides is 2. The number of nitrogens with one attached hydrogen (secondary N) is 1. The Morgan fingerprint density at radius 2 is 1.88 bits per heavy atom. The average molecular weight is 372 g/mol. The highest BCUT2D eigenvalue weighted by Crippen LogP contribution is 2.28. The number of likely N-dealkylation sites (N-methyl/N-ethyl adjacent to an activating group) is 1. The molecule has 6 heteroatoms. The minimum atomic E-state index is -0.392. The van der Waals surface area contributed by atoms with E-state index in [2.05, 4.69) is 11.4 Å². The number of rotatable bonds is 5. The lowest BCUT2D eigenvalue weighted by Crippen LogP contribution is -2.47. The van der Waals surface area contributed by atoms with Crippen LogP contribution in [-0.2, 0) is 16.0 Å². The van der Waals surface area contributed by atoms with E-state index in [1.807, 2.05) is 30.0 Å². The largest absolute Gasteiger partial charge is 0.325 e. The van der Waals surface area contributed by atoms with E-state index in [9.17, 15) is 9.59 Å². The van der Waals surface area contributed by atoms with Gasteiger partial charge in [-0.15, -0.1) is 0 Å². The molecule has 5 nitrogen and oxygen atoms in total. The molecule has 1 aliphatic rings. The van der Waals surface area contributed by atoms with Crippen LogP contribution >= 0.6 is 11.6 Å². The third kappa shape index (κ3) is 4.06. The first-order valence-electron chi connectivity index (χ1n) is 8.60. The molecule has 0 radical (unpaired) electrons. The molecule has 1 atom stereocenters. The van der Waals surface area contributed by atoms with E-state index >= 15 is 0 Å². The SMILES string of the molecule is CC(C(=O)N1CCc2ccccc21)N(C)CC(=O)Nc1ccc(Cl)cc1. The highest BCUT2D eigenvalue weighted by Gasteiger charge is 2.30. The summed E-state index contributed by atoms with van der Waals surface area (Å²) in [7, 11) is 1.78. The van der Waals surface area contributed by atoms with Gasteiger partial charge in [0.15, 0.2) is 0 Å². The maximum atomic E-state index is 12.9. The normalized spacial score (nSPS) is 14.2. The monoisotopic (exact) mass is 371 g/mol. The Kier molecular flexibility index (Phi) is 5.59. The smallest absolute Gasteiger partial charge is 0.244 e. The zero-order valence-corrected chi connectivity index (χ0v) is 15.7. The molecule has 1 aliphatic heterocycles. The summed E-state index contributed by atoms with van der Waals surface area (Å²) >= 11 is 5.84. The summed E-state index contributed by atoms with van der Waals surface area (Å²) in [4.78, 5) is 28.7. The van der Waals surface area contributed by atoms with E-state index in [4.69, 9.17) is 11.6 Å². The number of carbonyl (C=O) groups is 2. The van der Waals surface area contributed by atoms with Gasteiger partial charge in [-0.1, -0.05) is 29.8 Å². The summed E-state index contributed by atoms with van der Waals surface area (Å²) in [6.07, 6.45) is 0.870. The first-order chi connectivity index (χ1) is 12.5. The van der Waals surface area contributed by atoms with Crippen molar-refractivity contribution in [3.05, 3.63) is 59.1 Å². The third-order valence-corrected chi connectivity index (χ3v) is 4.94. The quantitative estimate of drug-likeness (QED) is 0.878. The van der Waals surface area contributed by atoms with Crippen molar-refractivity contribution in [1.29, 1.82) is 0 Å². The van der Waals surface area contributed by atoms with Crippen LogP contribution in [0.25, 0.3) is 0 Å². The van der Waals surface area contributed by atoms with Gasteiger partial charge in [-0.3, -0.25) is 14.5 Å². The van der Waals surface area contributed by atoms with Crippen molar-refractivity contribution in [3.8, 4) is 0 Å². The molecule has 3 rings (SSSR count). The van der Waals surface area contributed by atoms with Crippen molar-refractivity contribution < 1.29 is 9.59 Å². The Balaban J connectivity index is 1.59. The van der Waals surface area contributed by atoms with Crippen molar-refractivity contribution >= 4 is 34.8 Å². The minimum absolute atomic E-state index is 0.0109. The topological polar surface area (TPSA) is 52.7 Å². The van der Waals surface area contributed by atoms with Crippen molar-refractivity contribution in [2.75, 3.05) is 30.4 Å². The molecule has 0 saturated heterocycles. The lowest BCUT2D eigenvalue weighted by atomic mass is 10.2. The summed E-state index contributed by atoms with van der Waals surface area (Å²) in [5.74, 6) is -0.159. The number of benzene rings is 2. The molecule has 0 spiro atoms. The maximum absolute atomic E-state index is 12.9. The summed E-state index contributed by atoms with van der Waals surface area (Å²) in [6, 6.07) is 14.5. The Morgan fingerprint density at radius 1 is 1.19 bits per heavy atom. The Hall–Kier alpha value is -2.37. The Labute approximate surface area is 158 Å². The Morgan fingerprint density at radius 3 is 2.62 bits per heavy atom. The predicted octanol–water partition coefficient (Wildman–Crippen LogP) is 3.19. The van der Waals surface area contributed by atoms with Crippen LogP contribution in [0, 0.1) is 0 Å². The molecule has 2 aromatic rings. The number of nitrogens with zero attached hydrogens (tertiary/aromatic N) is 2. The van der Waals surface area contributed by atoms with Crippen LogP contribution in [0.15, 0.2) is 48.5 Å². The van der Waals surface area contributed by atoms with Gasteiger partial charge in [0, 0.05) is 22.9 Å². The average Bonchev–Trinajstić information content (AvgIpc) is 3.06. The molecule has 2 aromatic carbocycles. The fraction of sp³-hybridized carbons (Fsp3) is 0.300. The van der Waals surface area contributed by atoms with Gasteiger partial charge in [0.2, 0.25) is 11.8 Å². The van der Waals surface area contributed by atoms with E-state index in [0.29, 0.717) is 17.3 Å². The van der Waals surface area contributed by atoms with Crippen molar-refractivity contribution in [1.82, 2.24) is 4.90 Å². The molecule has 0 aromatic heterocycles. The highest BCUT2D eigenvalue weighted by atomic mass is 35.5. The van der Waals surface area contributed by atoms with Crippen molar-refractivity contribution in [3.63, 3.8) is 0 Å². The fourth-order valence-electron chi connectivity index (χ4n) is 3.08. The Bertz CT molecular complexity index is 807. The number of carbonyl (C=O) groups excluding carboxylic acids is 2. The molecule has 1 unspecified atom stereocenters. The highest BCUT2D eigenvalue weighted by molar-refractivity contribution is 6.30. The number of anilines is 2. The van der Waals surface area contributed by atoms with Gasteiger partial charge < -0.3 is 10.2 Å². The zero-order valence-electron chi connectivity index (χ0n) is 14.9. The van der Waals surface area contributed by atoms with Crippen molar-refractivity contribution in [2.24, 2.45) is 0 Å². The fourth-order valence-corrected chi connectivity index (χ4v) is 3.20. The first kappa shape index (κ1) is 18.4. The lowest BCUT2D eigenvalue weighted by Gasteiger charge is -2.28. The second kappa shape index (κ2) is 7.89. The van der Waals surface area contributed by atoms with Crippen LogP contribution in [0.2, 0.25) is 5.02 Å². The molecule has 0 aliphatic carbocycles. The van der Waals surface area contributed by atoms with E-state index < -0.39 is 6.04 Å². The van der Waals surface area contributed by atoms with Gasteiger partial charge in [0.1, 0.15) is 0 Å². The molecular formula is C20H22ClN3O2. The van der Waals surface area contributed by atoms with E-state index in [0.717, 1.165) is 12.1 Å². The zero-order chi connectivity index (χ0) is 18.7. The predicted molar refractivity (Wildman–Crippen MR) is 105 cm³/mol. The minimum Gasteiger partial charge on any atom is -0.325 e. The van der Waals surface area contributed by atoms with Crippen LogP contribution in [0.5, 0.6) is 0 Å². The maximum Gasteiger partial charge on any atom is 0.244 e. The molecule has 0 bridgehead atoms. The summed E-state index contributed by atoms with van der Waals surface area (Å²) in [5, 5.41) is 3.43. The lowest BCUT2D eigenvalue weighted by molar-refractivity contribution is -0.124. The molecule has 26 heavy (non-hydrogen) atoms. The van der Waals surface area contributed by atoms with Crippen LogP contribution < -0.4 is 10.2 Å². The molecule has 2 amide bonds. The third-order valence-electron chi connectivity index (χ3n) is 4.69. The van der Waals surface area contributed by atoms with Gasteiger partial charge in [-0.25, -0.2) is 0 Å². The summed E-state index contributed by atoms with van der Waals surface area (Å²) < 4.78 is 0. The number of fused-ring (bicyclic) bond motifs is 1. The molecule has 1 heterocycles. The van der Waals surface area contributed by atoms with Gasteiger partial charge >= 0.3 is 0 Å². The van der Waals surface area contributed by atoms with Gasteiger partial charge in [0.25, 0.3) is 0 Å². The van der Waals surface area contributed by atoms with Crippen LogP contribution in [-0.4, -0.2) is 42.9 Å². The molecule has 0 fully saturated rings. The summed E-state index contributed by atoms with van der Waals surface area (Å²) in [6.45, 7) is 2.65. The summed E-state index contributed by atoms with van der Waals surface area (Å²) in [5.41, 5.74) is 2.85. The van der Waals surface area contributed by atoms with Gasteiger partial charge in [-0.05, 0) is 56.3 Å². The van der Waals surface area contributed by atoms with Gasteiger partial charge in [0.05, 0.1) is 12.6 Å². The molecule has 136 valence electrons. The second-order valence-corrected chi connectivity index (χ2v) is 6.95. The number of hydrogen-bond donors (Lipinski definition) is 1. The molecule has 0 saturated carbocycles. The van der Waals surface area contributed by atoms with Crippen LogP contribution in [0.1, 0.15) is 12.5 Å². The van der Waals surface area contributed by atoms with E-state index in [-0.39, 0.29) is 18.4 Å². The van der Waals surface area contributed by atoms with E-state index in [1.165, 1.54) is 5.56 Å². The molecule has 1 N–H and O–H groups in total. The van der Waals surface area contributed by atoms with E-state index in [1.54, 1.807) is 36.2 Å². The van der Waals surface area contributed by atoms with Crippen molar-refractivity contribution in [2.45, 2.75) is 19.4 Å². The van der Waals surface area contributed by atoms with Gasteiger partial charge in [-0.2, -0.15) is 0 Å². The second-order valence-electron chi connectivity index (χ2n) is 6.51.